The van der Waals surface area contributed by atoms with Crippen LogP contribution in [0.3, 0.4) is 0 Å². The summed E-state index contributed by atoms with van der Waals surface area (Å²) in [6, 6.07) is 12.1. The molecular weight excluding hydrogens is 312 g/mol. The molecule has 1 N–H and O–H groups in total. The molecule has 25 heavy (non-hydrogen) atoms. The second-order valence-corrected chi connectivity index (χ2v) is 6.28. The number of carbonyl (C=O) groups is 1. The van der Waals surface area contributed by atoms with Gasteiger partial charge in [0, 0.05) is 26.2 Å². The molecule has 1 amide bonds. The van der Waals surface area contributed by atoms with Gasteiger partial charge < -0.3 is 10.2 Å². The summed E-state index contributed by atoms with van der Waals surface area (Å²) in [5.41, 5.74) is 1.72. The number of carbonyl (C=O) groups excluding carboxylic acids is 1. The largest absolute Gasteiger partial charge is 0.360 e. The van der Waals surface area contributed by atoms with Crippen molar-refractivity contribution in [2.45, 2.75) is 39.5 Å². The van der Waals surface area contributed by atoms with E-state index in [1.165, 1.54) is 5.56 Å². The fourth-order valence-corrected chi connectivity index (χ4v) is 2.60. The van der Waals surface area contributed by atoms with E-state index in [2.05, 4.69) is 39.2 Å². The summed E-state index contributed by atoms with van der Waals surface area (Å²) in [6.45, 7) is 5.54. The first-order chi connectivity index (χ1) is 12.1. The molecule has 0 fully saturated rings. The minimum absolute atomic E-state index is 0.135. The Morgan fingerprint density at radius 3 is 2.64 bits per heavy atom. The van der Waals surface area contributed by atoms with Gasteiger partial charge in [0.05, 0.1) is 0 Å². The number of hydrogen-bond donors (Lipinski definition) is 1. The molecule has 0 saturated heterocycles. The molecule has 2 rings (SSSR count). The monoisotopic (exact) mass is 340 g/mol. The standard InChI is InChI=1S/C20H28N4O/c1-4-5-14-24(3)19-15-18(22-16(2)23-19)20(25)21-13-9-12-17-10-7-6-8-11-17/h6-8,10-11,15H,4-5,9,12-14H2,1-3H3,(H,21,25). The summed E-state index contributed by atoms with van der Waals surface area (Å²) in [4.78, 5) is 23.2. The number of nitrogens with one attached hydrogen (secondary N) is 1. The van der Waals surface area contributed by atoms with Gasteiger partial charge in [0.15, 0.2) is 0 Å². The number of anilines is 1. The van der Waals surface area contributed by atoms with E-state index in [-0.39, 0.29) is 5.91 Å². The lowest BCUT2D eigenvalue weighted by molar-refractivity contribution is 0.0948. The highest BCUT2D eigenvalue weighted by Crippen LogP contribution is 2.12. The molecule has 1 aromatic heterocycles. The van der Waals surface area contributed by atoms with Crippen LogP contribution >= 0.6 is 0 Å². The highest BCUT2D eigenvalue weighted by molar-refractivity contribution is 5.92. The van der Waals surface area contributed by atoms with Crippen molar-refractivity contribution in [2.75, 3.05) is 25.0 Å². The van der Waals surface area contributed by atoms with Crippen molar-refractivity contribution in [1.82, 2.24) is 15.3 Å². The lowest BCUT2D eigenvalue weighted by Gasteiger charge is -2.18. The van der Waals surface area contributed by atoms with Crippen molar-refractivity contribution in [1.29, 1.82) is 0 Å². The van der Waals surface area contributed by atoms with Crippen LogP contribution in [0.5, 0.6) is 0 Å². The first kappa shape index (κ1) is 18.9. The average Bonchev–Trinajstić information content (AvgIpc) is 2.63. The van der Waals surface area contributed by atoms with Crippen molar-refractivity contribution in [3.05, 3.63) is 53.5 Å². The van der Waals surface area contributed by atoms with Crippen LogP contribution in [-0.4, -0.2) is 36.0 Å². The molecule has 0 atom stereocenters. The van der Waals surface area contributed by atoms with Crippen molar-refractivity contribution in [3.63, 3.8) is 0 Å². The summed E-state index contributed by atoms with van der Waals surface area (Å²) in [5.74, 6) is 1.29. The van der Waals surface area contributed by atoms with E-state index >= 15 is 0 Å². The molecule has 2 aromatic rings. The van der Waals surface area contributed by atoms with Gasteiger partial charge in [-0.15, -0.1) is 0 Å². The molecule has 5 nitrogen and oxygen atoms in total. The predicted octanol–water partition coefficient (Wildman–Crippen LogP) is 3.38. The number of hydrogen-bond acceptors (Lipinski definition) is 4. The first-order valence-electron chi connectivity index (χ1n) is 8.99. The van der Waals surface area contributed by atoms with Gasteiger partial charge in [-0.3, -0.25) is 4.79 Å². The lowest BCUT2D eigenvalue weighted by Crippen LogP contribution is -2.27. The van der Waals surface area contributed by atoms with Gasteiger partial charge in [-0.1, -0.05) is 43.7 Å². The van der Waals surface area contributed by atoms with Gasteiger partial charge in [0.2, 0.25) is 0 Å². The minimum atomic E-state index is -0.135. The maximum Gasteiger partial charge on any atom is 0.270 e. The second-order valence-electron chi connectivity index (χ2n) is 6.28. The number of amides is 1. The molecule has 1 aromatic carbocycles. The number of nitrogens with zero attached hydrogens (tertiary/aromatic N) is 3. The molecule has 5 heteroatoms. The highest BCUT2D eigenvalue weighted by Gasteiger charge is 2.12. The fraction of sp³-hybridized carbons (Fsp3) is 0.450. The predicted molar refractivity (Wildman–Crippen MR) is 102 cm³/mol. The van der Waals surface area contributed by atoms with Crippen molar-refractivity contribution < 1.29 is 4.79 Å². The molecule has 0 spiro atoms. The molecule has 0 aliphatic heterocycles. The number of unbranched alkanes of at least 4 members (excludes halogenated alkanes) is 1. The van der Waals surface area contributed by atoms with Gasteiger partial charge in [-0.05, 0) is 31.7 Å². The minimum Gasteiger partial charge on any atom is -0.360 e. The normalized spacial score (nSPS) is 10.5. The molecule has 134 valence electrons. The molecule has 1 heterocycles. The Morgan fingerprint density at radius 1 is 1.16 bits per heavy atom. The Hall–Kier alpha value is -2.43. The van der Waals surface area contributed by atoms with E-state index in [4.69, 9.17) is 0 Å². The van der Waals surface area contributed by atoms with E-state index < -0.39 is 0 Å². The van der Waals surface area contributed by atoms with Gasteiger partial charge >= 0.3 is 0 Å². The number of benzene rings is 1. The van der Waals surface area contributed by atoms with Gasteiger partial charge in [-0.25, -0.2) is 9.97 Å². The molecule has 0 saturated carbocycles. The van der Waals surface area contributed by atoms with Crippen LogP contribution in [0.25, 0.3) is 0 Å². The summed E-state index contributed by atoms with van der Waals surface area (Å²) in [6.07, 6.45) is 4.09. The summed E-state index contributed by atoms with van der Waals surface area (Å²) in [5, 5.41) is 2.96. The van der Waals surface area contributed by atoms with E-state index in [9.17, 15) is 4.79 Å². The van der Waals surface area contributed by atoms with E-state index in [1.807, 2.05) is 32.2 Å². The zero-order valence-electron chi connectivity index (χ0n) is 15.5. The van der Waals surface area contributed by atoms with Crippen molar-refractivity contribution >= 4 is 11.7 Å². The number of aryl methyl sites for hydroxylation is 2. The second kappa shape index (κ2) is 9.77. The first-order valence-corrected chi connectivity index (χ1v) is 8.99. The fourth-order valence-electron chi connectivity index (χ4n) is 2.60. The van der Waals surface area contributed by atoms with Crippen molar-refractivity contribution in [2.24, 2.45) is 0 Å². The summed E-state index contributed by atoms with van der Waals surface area (Å²) < 4.78 is 0. The SMILES string of the molecule is CCCCN(C)c1cc(C(=O)NCCCc2ccccc2)nc(C)n1. The topological polar surface area (TPSA) is 58.1 Å². The lowest BCUT2D eigenvalue weighted by atomic mass is 10.1. The maximum atomic E-state index is 12.4. The zero-order chi connectivity index (χ0) is 18.1. The highest BCUT2D eigenvalue weighted by atomic mass is 16.1. The molecule has 0 bridgehead atoms. The van der Waals surface area contributed by atoms with Crippen LogP contribution < -0.4 is 10.2 Å². The zero-order valence-corrected chi connectivity index (χ0v) is 15.5. The van der Waals surface area contributed by atoms with Crippen molar-refractivity contribution in [3.8, 4) is 0 Å². The molecule has 0 radical (unpaired) electrons. The maximum absolute atomic E-state index is 12.4. The Balaban J connectivity index is 1.89. The van der Waals surface area contributed by atoms with Crippen LogP contribution in [0, 0.1) is 6.92 Å². The molecular formula is C20H28N4O. The molecule has 0 unspecified atom stereocenters. The quantitative estimate of drug-likeness (QED) is 0.711. The smallest absolute Gasteiger partial charge is 0.270 e. The Kier molecular flexibility index (Phi) is 7.38. The summed E-state index contributed by atoms with van der Waals surface area (Å²) >= 11 is 0. The van der Waals surface area contributed by atoms with Crippen LogP contribution in [-0.2, 0) is 6.42 Å². The number of rotatable bonds is 9. The molecule has 0 aliphatic carbocycles. The third kappa shape index (κ3) is 6.18. The third-order valence-corrected chi connectivity index (χ3v) is 4.07. The van der Waals surface area contributed by atoms with E-state index in [0.29, 0.717) is 18.1 Å². The third-order valence-electron chi connectivity index (χ3n) is 4.07. The molecule has 0 aliphatic rings. The Morgan fingerprint density at radius 2 is 1.92 bits per heavy atom. The van der Waals surface area contributed by atoms with Gasteiger partial charge in [-0.2, -0.15) is 0 Å². The van der Waals surface area contributed by atoms with E-state index in [1.54, 1.807) is 6.07 Å². The van der Waals surface area contributed by atoms with Crippen LogP contribution in [0.1, 0.15) is 48.1 Å². The average molecular weight is 340 g/mol. The van der Waals surface area contributed by atoms with Crippen LogP contribution in [0.4, 0.5) is 5.82 Å². The van der Waals surface area contributed by atoms with Gasteiger partial charge in [0.1, 0.15) is 17.3 Å². The van der Waals surface area contributed by atoms with Crippen LogP contribution in [0.15, 0.2) is 36.4 Å². The Labute approximate surface area is 150 Å². The van der Waals surface area contributed by atoms with E-state index in [0.717, 1.165) is 38.0 Å². The summed E-state index contributed by atoms with van der Waals surface area (Å²) in [7, 11) is 2.00. The Bertz CT molecular complexity index is 673. The van der Waals surface area contributed by atoms with Gasteiger partial charge in [0.25, 0.3) is 5.91 Å². The number of aromatic nitrogens is 2. The van der Waals surface area contributed by atoms with Crippen LogP contribution in [0.2, 0.25) is 0 Å².